The minimum absolute atomic E-state index is 0.00653. The third-order valence-corrected chi connectivity index (χ3v) is 5.31. The van der Waals surface area contributed by atoms with Crippen LogP contribution < -0.4 is 5.63 Å². The molecule has 148 valence electrons. The van der Waals surface area contributed by atoms with Crippen LogP contribution in [0.3, 0.4) is 0 Å². The van der Waals surface area contributed by atoms with Gasteiger partial charge in [0.05, 0.1) is 6.42 Å². The van der Waals surface area contributed by atoms with Crippen LogP contribution in [0.4, 0.5) is 0 Å². The molecular formula is C21H18N2O5S. The maximum atomic E-state index is 12.2. The normalized spacial score (nSPS) is 11.1. The number of rotatable bonds is 6. The molecule has 3 heterocycles. The summed E-state index contributed by atoms with van der Waals surface area (Å²) in [6, 6.07) is 7.01. The van der Waals surface area contributed by atoms with Crippen molar-refractivity contribution in [3.63, 3.8) is 0 Å². The quantitative estimate of drug-likeness (QED) is 0.347. The lowest BCUT2D eigenvalue weighted by Gasteiger charge is -2.09. The van der Waals surface area contributed by atoms with Gasteiger partial charge in [0.15, 0.2) is 0 Å². The molecule has 4 rings (SSSR count). The fourth-order valence-corrected chi connectivity index (χ4v) is 3.54. The van der Waals surface area contributed by atoms with E-state index in [0.29, 0.717) is 22.9 Å². The monoisotopic (exact) mass is 410 g/mol. The van der Waals surface area contributed by atoms with Gasteiger partial charge in [0.2, 0.25) is 11.7 Å². The van der Waals surface area contributed by atoms with E-state index in [4.69, 9.17) is 13.7 Å². The second kappa shape index (κ2) is 8.00. The lowest BCUT2D eigenvalue weighted by Crippen LogP contribution is -2.08. The predicted molar refractivity (Wildman–Crippen MR) is 108 cm³/mol. The number of aromatic nitrogens is 2. The standard InChI is InChI=1S/C21H18N2O5S/c1-12-7-16-15(9-20(25)27-17(16)8-13(12)2)10-26-19(24)4-3-18-22-21(23-28-18)14-5-6-29-11-14/h5-9,11H,3-4,10H2,1-2H3. The molecule has 7 nitrogen and oxygen atoms in total. The molecule has 4 aromatic rings. The SMILES string of the molecule is Cc1cc2oc(=O)cc(COC(=O)CCc3nc(-c4ccsc4)no3)c2cc1C. The third kappa shape index (κ3) is 4.27. The van der Waals surface area contributed by atoms with Gasteiger partial charge >= 0.3 is 11.6 Å². The van der Waals surface area contributed by atoms with E-state index in [1.165, 1.54) is 6.07 Å². The number of hydrogen-bond donors (Lipinski definition) is 0. The van der Waals surface area contributed by atoms with E-state index in [9.17, 15) is 9.59 Å². The molecule has 0 aliphatic heterocycles. The summed E-state index contributed by atoms with van der Waals surface area (Å²) in [4.78, 5) is 28.3. The number of ether oxygens (including phenoxy) is 1. The number of thiophene rings is 1. The Balaban J connectivity index is 1.40. The summed E-state index contributed by atoms with van der Waals surface area (Å²) in [5.74, 6) is 0.466. The van der Waals surface area contributed by atoms with Crippen LogP contribution in [0.2, 0.25) is 0 Å². The minimum Gasteiger partial charge on any atom is -0.461 e. The number of hydrogen-bond acceptors (Lipinski definition) is 8. The summed E-state index contributed by atoms with van der Waals surface area (Å²) in [5, 5.41) is 8.53. The highest BCUT2D eigenvalue weighted by atomic mass is 32.1. The Hall–Kier alpha value is -3.26. The molecule has 1 aromatic carbocycles. The Morgan fingerprint density at radius 3 is 2.83 bits per heavy atom. The van der Waals surface area contributed by atoms with Crippen LogP contribution in [0.25, 0.3) is 22.4 Å². The minimum atomic E-state index is -0.473. The Morgan fingerprint density at radius 2 is 2.03 bits per heavy atom. The first-order chi connectivity index (χ1) is 14.0. The van der Waals surface area contributed by atoms with Gasteiger partial charge in [-0.3, -0.25) is 4.79 Å². The average molecular weight is 410 g/mol. The number of benzene rings is 1. The van der Waals surface area contributed by atoms with Gasteiger partial charge in [0.25, 0.3) is 0 Å². The van der Waals surface area contributed by atoms with Crippen LogP contribution in [-0.2, 0) is 22.6 Å². The summed E-state index contributed by atoms with van der Waals surface area (Å²) < 4.78 is 15.8. The van der Waals surface area contributed by atoms with Crippen LogP contribution in [0.1, 0.15) is 29.0 Å². The molecule has 0 aliphatic carbocycles. The summed E-state index contributed by atoms with van der Waals surface area (Å²) in [6.45, 7) is 3.92. The molecule has 0 fully saturated rings. The molecule has 0 amide bonds. The summed E-state index contributed by atoms with van der Waals surface area (Å²) in [5.41, 5.74) is 3.60. The molecule has 0 radical (unpaired) electrons. The zero-order valence-corrected chi connectivity index (χ0v) is 16.7. The maximum absolute atomic E-state index is 12.2. The van der Waals surface area contributed by atoms with Crippen molar-refractivity contribution in [2.75, 3.05) is 0 Å². The molecule has 8 heteroatoms. The van der Waals surface area contributed by atoms with Crippen molar-refractivity contribution in [2.45, 2.75) is 33.3 Å². The molecule has 3 aromatic heterocycles. The Morgan fingerprint density at radius 1 is 1.21 bits per heavy atom. The molecule has 0 aliphatic rings. The van der Waals surface area contributed by atoms with Crippen LogP contribution in [0, 0.1) is 13.8 Å². The summed E-state index contributed by atoms with van der Waals surface area (Å²) in [6.07, 6.45) is 0.384. The zero-order valence-electron chi connectivity index (χ0n) is 15.9. The van der Waals surface area contributed by atoms with Crippen molar-refractivity contribution in [2.24, 2.45) is 0 Å². The van der Waals surface area contributed by atoms with Crippen molar-refractivity contribution in [3.05, 3.63) is 68.0 Å². The van der Waals surface area contributed by atoms with Gasteiger partial charge in [-0.25, -0.2) is 4.79 Å². The van der Waals surface area contributed by atoms with Gasteiger partial charge in [-0.05, 0) is 48.6 Å². The highest BCUT2D eigenvalue weighted by Gasteiger charge is 2.13. The maximum Gasteiger partial charge on any atom is 0.336 e. The van der Waals surface area contributed by atoms with Gasteiger partial charge in [-0.1, -0.05) is 5.16 Å². The van der Waals surface area contributed by atoms with Crippen LogP contribution in [-0.4, -0.2) is 16.1 Å². The van der Waals surface area contributed by atoms with Gasteiger partial charge in [-0.2, -0.15) is 16.3 Å². The fraction of sp³-hybridized carbons (Fsp3) is 0.238. The van der Waals surface area contributed by atoms with E-state index in [0.717, 1.165) is 22.1 Å². The van der Waals surface area contributed by atoms with Crippen LogP contribution >= 0.6 is 11.3 Å². The molecule has 0 bridgehead atoms. The smallest absolute Gasteiger partial charge is 0.336 e. The molecule has 0 atom stereocenters. The second-order valence-electron chi connectivity index (χ2n) is 6.71. The number of carbonyl (C=O) groups excluding carboxylic acids is 1. The third-order valence-electron chi connectivity index (χ3n) is 4.62. The van der Waals surface area contributed by atoms with Gasteiger partial charge in [-0.15, -0.1) is 0 Å². The Kier molecular flexibility index (Phi) is 5.26. The number of carbonyl (C=O) groups is 1. The summed E-state index contributed by atoms with van der Waals surface area (Å²) in [7, 11) is 0. The fourth-order valence-electron chi connectivity index (χ4n) is 2.91. The lowest BCUT2D eigenvalue weighted by atomic mass is 10.0. The lowest BCUT2D eigenvalue weighted by molar-refractivity contribution is -0.145. The van der Waals surface area contributed by atoms with Crippen molar-refractivity contribution < 1.29 is 18.5 Å². The van der Waals surface area contributed by atoms with E-state index >= 15 is 0 Å². The topological polar surface area (TPSA) is 95.4 Å². The van der Waals surface area contributed by atoms with Gasteiger partial charge < -0.3 is 13.7 Å². The Bertz CT molecular complexity index is 1220. The molecule has 0 N–H and O–H groups in total. The van der Waals surface area contributed by atoms with Crippen LogP contribution in [0.15, 0.2) is 48.8 Å². The number of esters is 1. The van der Waals surface area contributed by atoms with Crippen LogP contribution in [0.5, 0.6) is 0 Å². The number of aryl methyl sites for hydroxylation is 3. The number of fused-ring (bicyclic) bond motifs is 1. The molecule has 0 unspecified atom stereocenters. The highest BCUT2D eigenvalue weighted by Crippen LogP contribution is 2.22. The molecule has 0 saturated carbocycles. The average Bonchev–Trinajstić information content (AvgIpc) is 3.37. The first-order valence-electron chi connectivity index (χ1n) is 9.04. The highest BCUT2D eigenvalue weighted by molar-refractivity contribution is 7.08. The van der Waals surface area contributed by atoms with Gasteiger partial charge in [0.1, 0.15) is 12.2 Å². The van der Waals surface area contributed by atoms with E-state index in [2.05, 4.69) is 10.1 Å². The van der Waals surface area contributed by atoms with E-state index in [-0.39, 0.29) is 19.4 Å². The van der Waals surface area contributed by atoms with Gasteiger partial charge in [0, 0.05) is 34.4 Å². The number of nitrogens with zero attached hydrogens (tertiary/aromatic N) is 2. The molecule has 0 saturated heterocycles. The Labute approximate surface area is 169 Å². The van der Waals surface area contributed by atoms with Crippen molar-refractivity contribution >= 4 is 28.3 Å². The van der Waals surface area contributed by atoms with Crippen molar-refractivity contribution in [1.82, 2.24) is 10.1 Å². The second-order valence-corrected chi connectivity index (χ2v) is 7.49. The molecule has 29 heavy (non-hydrogen) atoms. The molecular weight excluding hydrogens is 392 g/mol. The first-order valence-corrected chi connectivity index (χ1v) is 9.98. The van der Waals surface area contributed by atoms with Crippen molar-refractivity contribution in [1.29, 1.82) is 0 Å². The largest absolute Gasteiger partial charge is 0.461 e. The van der Waals surface area contributed by atoms with E-state index < -0.39 is 11.6 Å². The predicted octanol–water partition coefficient (Wildman–Crippen LogP) is 4.20. The van der Waals surface area contributed by atoms with E-state index in [1.54, 1.807) is 11.3 Å². The summed E-state index contributed by atoms with van der Waals surface area (Å²) >= 11 is 1.54. The zero-order chi connectivity index (χ0) is 20.4. The molecule has 0 spiro atoms. The van der Waals surface area contributed by atoms with E-state index in [1.807, 2.05) is 42.8 Å². The first kappa shape index (κ1) is 19.1. The van der Waals surface area contributed by atoms with Crippen molar-refractivity contribution in [3.8, 4) is 11.4 Å².